The Balaban J connectivity index is 1.50. The van der Waals surface area contributed by atoms with Crippen LogP contribution in [0.3, 0.4) is 0 Å². The number of benzene rings is 3. The fourth-order valence-corrected chi connectivity index (χ4v) is 5.25. The van der Waals surface area contributed by atoms with E-state index in [4.69, 9.17) is 0 Å². The van der Waals surface area contributed by atoms with Crippen LogP contribution in [0.25, 0.3) is 10.8 Å². The van der Waals surface area contributed by atoms with Crippen LogP contribution in [0.2, 0.25) is 0 Å². The minimum absolute atomic E-state index is 0.00463. The zero-order valence-corrected chi connectivity index (χ0v) is 15.0. The van der Waals surface area contributed by atoms with Gasteiger partial charge in [0.2, 0.25) is 0 Å². The van der Waals surface area contributed by atoms with Gasteiger partial charge in [0.25, 0.3) is 0 Å². The van der Waals surface area contributed by atoms with Gasteiger partial charge in [-0.2, -0.15) is 0 Å². The molecule has 0 amide bonds. The molecule has 5 rings (SSSR count). The molecule has 3 unspecified atom stereocenters. The molecule has 0 aromatic heterocycles. The fraction of sp³-hybridized carbons (Fsp3) is 0.333. The van der Waals surface area contributed by atoms with E-state index in [1.54, 1.807) is 0 Å². The molecule has 2 aliphatic rings. The third kappa shape index (κ3) is 2.74. The summed E-state index contributed by atoms with van der Waals surface area (Å²) >= 11 is 0. The molecule has 2 nitrogen and oxygen atoms in total. The molecular weight excluding hydrogens is 318 g/mol. The Morgan fingerprint density at radius 2 is 1.69 bits per heavy atom. The summed E-state index contributed by atoms with van der Waals surface area (Å²) in [7, 11) is 0. The minimum atomic E-state index is -0.745. The first kappa shape index (κ1) is 16.0. The van der Waals surface area contributed by atoms with Gasteiger partial charge in [0.15, 0.2) is 0 Å². The number of nitrogens with one attached hydrogen (secondary N) is 1. The first-order valence-electron chi connectivity index (χ1n) is 9.68. The van der Waals surface area contributed by atoms with Gasteiger partial charge in [0.1, 0.15) is 0 Å². The van der Waals surface area contributed by atoms with Gasteiger partial charge in [-0.25, -0.2) is 0 Å². The van der Waals surface area contributed by atoms with Crippen molar-refractivity contribution >= 4 is 10.8 Å². The van der Waals surface area contributed by atoms with E-state index in [9.17, 15) is 5.11 Å². The molecule has 2 heteroatoms. The monoisotopic (exact) mass is 343 g/mol. The maximum Gasteiger partial charge on any atom is 0.0929 e. The molecule has 0 spiro atoms. The van der Waals surface area contributed by atoms with Gasteiger partial charge in [-0.05, 0) is 60.1 Å². The lowest BCUT2D eigenvalue weighted by molar-refractivity contribution is -0.0329. The van der Waals surface area contributed by atoms with Crippen molar-refractivity contribution in [3.8, 4) is 0 Å². The second kappa shape index (κ2) is 5.94. The second-order valence-corrected chi connectivity index (χ2v) is 8.30. The molecule has 3 aromatic carbocycles. The molecule has 2 aliphatic heterocycles. The minimum Gasteiger partial charge on any atom is -0.385 e. The summed E-state index contributed by atoms with van der Waals surface area (Å²) in [6.07, 6.45) is 4.87. The van der Waals surface area contributed by atoms with E-state index in [2.05, 4.69) is 78.1 Å². The number of piperidine rings is 1. The summed E-state index contributed by atoms with van der Waals surface area (Å²) in [6.45, 7) is 0. The SMILES string of the molecule is OC1(c2ccc3ccccc3c2)CC2CCC(Cc3ccccc3)(C1)N2. The number of hydrogen-bond donors (Lipinski definition) is 2. The van der Waals surface area contributed by atoms with Gasteiger partial charge >= 0.3 is 0 Å². The highest BCUT2D eigenvalue weighted by molar-refractivity contribution is 5.83. The first-order valence-corrected chi connectivity index (χ1v) is 9.68. The first-order chi connectivity index (χ1) is 12.6. The van der Waals surface area contributed by atoms with E-state index < -0.39 is 5.60 Å². The zero-order chi connectivity index (χ0) is 17.6. The van der Waals surface area contributed by atoms with E-state index in [0.29, 0.717) is 6.04 Å². The van der Waals surface area contributed by atoms with Gasteiger partial charge in [-0.3, -0.25) is 0 Å². The Hall–Kier alpha value is -2.16. The van der Waals surface area contributed by atoms with Crippen molar-refractivity contribution in [2.75, 3.05) is 0 Å². The molecule has 0 saturated carbocycles. The number of hydrogen-bond acceptors (Lipinski definition) is 2. The van der Waals surface area contributed by atoms with Crippen LogP contribution in [0.4, 0.5) is 0 Å². The highest BCUT2D eigenvalue weighted by Crippen LogP contribution is 2.47. The molecule has 132 valence electrons. The highest BCUT2D eigenvalue weighted by atomic mass is 16.3. The highest BCUT2D eigenvalue weighted by Gasteiger charge is 2.51. The Kier molecular flexibility index (Phi) is 3.66. The van der Waals surface area contributed by atoms with Gasteiger partial charge in [-0.1, -0.05) is 66.7 Å². The summed E-state index contributed by atoms with van der Waals surface area (Å²) in [6, 6.07) is 26.0. The third-order valence-corrected chi connectivity index (χ3v) is 6.37. The molecule has 26 heavy (non-hydrogen) atoms. The Morgan fingerprint density at radius 3 is 2.54 bits per heavy atom. The number of aliphatic hydroxyl groups is 1. The normalized spacial score (nSPS) is 30.6. The lowest BCUT2D eigenvalue weighted by atomic mass is 9.73. The molecule has 0 aliphatic carbocycles. The molecule has 2 heterocycles. The largest absolute Gasteiger partial charge is 0.385 e. The van der Waals surface area contributed by atoms with E-state index in [1.807, 2.05) is 0 Å². The fourth-order valence-electron chi connectivity index (χ4n) is 5.25. The maximum atomic E-state index is 11.7. The summed E-state index contributed by atoms with van der Waals surface area (Å²) < 4.78 is 0. The topological polar surface area (TPSA) is 32.3 Å². The van der Waals surface area contributed by atoms with Gasteiger partial charge < -0.3 is 10.4 Å². The van der Waals surface area contributed by atoms with E-state index in [-0.39, 0.29) is 5.54 Å². The van der Waals surface area contributed by atoms with Crippen LogP contribution < -0.4 is 5.32 Å². The van der Waals surface area contributed by atoms with Crippen LogP contribution in [0.5, 0.6) is 0 Å². The van der Waals surface area contributed by atoms with Gasteiger partial charge in [-0.15, -0.1) is 0 Å². The average Bonchev–Trinajstić information content (AvgIpc) is 2.97. The smallest absolute Gasteiger partial charge is 0.0929 e. The van der Waals surface area contributed by atoms with Crippen molar-refractivity contribution in [1.29, 1.82) is 0 Å². The molecule has 3 atom stereocenters. The van der Waals surface area contributed by atoms with Crippen molar-refractivity contribution < 1.29 is 5.11 Å². The summed E-state index contributed by atoms with van der Waals surface area (Å²) in [4.78, 5) is 0. The van der Waals surface area contributed by atoms with E-state index in [0.717, 1.165) is 37.7 Å². The third-order valence-electron chi connectivity index (χ3n) is 6.37. The van der Waals surface area contributed by atoms with E-state index >= 15 is 0 Å². The standard InChI is InChI=1S/C24H25NO/c26-24(21-11-10-19-8-4-5-9-20(19)14-21)16-22-12-13-23(17-24,25-22)15-18-6-2-1-3-7-18/h1-11,14,22,25-26H,12-13,15-17H2. The lowest BCUT2D eigenvalue weighted by Crippen LogP contribution is -2.56. The van der Waals surface area contributed by atoms with Crippen molar-refractivity contribution in [3.05, 3.63) is 83.9 Å². The Labute approximate surface area is 154 Å². The summed E-state index contributed by atoms with van der Waals surface area (Å²) in [5, 5.41) is 18.0. The molecule has 3 aromatic rings. The predicted molar refractivity (Wildman–Crippen MR) is 106 cm³/mol. The quantitative estimate of drug-likeness (QED) is 0.731. The molecule has 2 N–H and O–H groups in total. The van der Waals surface area contributed by atoms with Crippen LogP contribution in [-0.4, -0.2) is 16.7 Å². The van der Waals surface area contributed by atoms with Crippen molar-refractivity contribution in [3.63, 3.8) is 0 Å². The van der Waals surface area contributed by atoms with Crippen molar-refractivity contribution in [1.82, 2.24) is 5.32 Å². The van der Waals surface area contributed by atoms with Crippen LogP contribution in [0.15, 0.2) is 72.8 Å². The Bertz CT molecular complexity index is 937. The van der Waals surface area contributed by atoms with Crippen LogP contribution in [0.1, 0.15) is 36.8 Å². The lowest BCUT2D eigenvalue weighted by Gasteiger charge is -2.45. The molecule has 0 radical (unpaired) electrons. The predicted octanol–water partition coefficient (Wildman–Crippen LogP) is 4.55. The molecule has 2 fully saturated rings. The average molecular weight is 343 g/mol. The number of fused-ring (bicyclic) bond motifs is 3. The maximum absolute atomic E-state index is 11.7. The van der Waals surface area contributed by atoms with Crippen molar-refractivity contribution in [2.45, 2.75) is 49.3 Å². The van der Waals surface area contributed by atoms with Gasteiger partial charge in [0.05, 0.1) is 5.60 Å². The zero-order valence-electron chi connectivity index (χ0n) is 15.0. The molecule has 2 saturated heterocycles. The van der Waals surface area contributed by atoms with E-state index in [1.165, 1.54) is 16.3 Å². The molecular formula is C24H25NO. The second-order valence-electron chi connectivity index (χ2n) is 8.30. The number of rotatable bonds is 3. The van der Waals surface area contributed by atoms with Crippen LogP contribution in [-0.2, 0) is 12.0 Å². The molecule has 2 bridgehead atoms. The summed E-state index contributed by atoms with van der Waals surface area (Å²) in [5.41, 5.74) is 1.68. The summed E-state index contributed by atoms with van der Waals surface area (Å²) in [5.74, 6) is 0. The van der Waals surface area contributed by atoms with Crippen molar-refractivity contribution in [2.24, 2.45) is 0 Å². The van der Waals surface area contributed by atoms with Crippen LogP contribution in [0, 0.1) is 0 Å². The Morgan fingerprint density at radius 1 is 0.923 bits per heavy atom. The van der Waals surface area contributed by atoms with Crippen LogP contribution >= 0.6 is 0 Å². The van der Waals surface area contributed by atoms with Gasteiger partial charge in [0, 0.05) is 11.6 Å².